The molecule has 0 fully saturated rings. The molecule has 1 heterocycles. The van der Waals surface area contributed by atoms with Gasteiger partial charge in [-0.3, -0.25) is 0 Å². The van der Waals surface area contributed by atoms with E-state index in [1.54, 1.807) is 12.1 Å². The smallest absolute Gasteiger partial charge is 0.345 e. The number of carbonyl (C=O) groups is 1. The van der Waals surface area contributed by atoms with Gasteiger partial charge in [0.25, 0.3) is 0 Å². The number of fused-ring (bicyclic) bond motifs is 1. The van der Waals surface area contributed by atoms with E-state index in [2.05, 4.69) is 0 Å². The van der Waals surface area contributed by atoms with Crippen molar-refractivity contribution in [2.75, 3.05) is 20.8 Å². The van der Waals surface area contributed by atoms with Crippen molar-refractivity contribution in [2.45, 2.75) is 13.2 Å². The van der Waals surface area contributed by atoms with Crippen LogP contribution in [0.1, 0.15) is 29.1 Å². The Balaban J connectivity index is 2.51. The van der Waals surface area contributed by atoms with Crippen molar-refractivity contribution < 1.29 is 23.7 Å². The van der Waals surface area contributed by atoms with E-state index < -0.39 is 12.3 Å². The molecular weight excluding hydrogens is 224 g/mol. The molecule has 0 amide bonds. The zero-order chi connectivity index (χ0) is 12.4. The van der Waals surface area contributed by atoms with Crippen LogP contribution in [0.15, 0.2) is 12.1 Å². The molecule has 1 atom stereocenters. The van der Waals surface area contributed by atoms with Crippen molar-refractivity contribution >= 4 is 5.97 Å². The van der Waals surface area contributed by atoms with Crippen molar-refractivity contribution in [3.05, 3.63) is 23.3 Å². The zero-order valence-corrected chi connectivity index (χ0v) is 9.98. The fraction of sp³-hybridized carbons (Fsp3) is 0.417. The quantitative estimate of drug-likeness (QED) is 0.750. The van der Waals surface area contributed by atoms with Gasteiger partial charge in [0.2, 0.25) is 6.29 Å². The Kier molecular flexibility index (Phi) is 3.19. The molecular formula is C12H14O5. The van der Waals surface area contributed by atoms with E-state index in [1.807, 2.05) is 6.92 Å². The Morgan fingerprint density at radius 3 is 2.65 bits per heavy atom. The first-order valence-corrected chi connectivity index (χ1v) is 5.30. The Morgan fingerprint density at radius 2 is 2.06 bits per heavy atom. The molecule has 17 heavy (non-hydrogen) atoms. The molecule has 1 aliphatic rings. The topological polar surface area (TPSA) is 54.0 Å². The van der Waals surface area contributed by atoms with Crippen LogP contribution in [0.4, 0.5) is 0 Å². The average Bonchev–Trinajstić information content (AvgIpc) is 2.66. The van der Waals surface area contributed by atoms with Gasteiger partial charge in [-0.25, -0.2) is 4.79 Å². The van der Waals surface area contributed by atoms with Crippen molar-refractivity contribution in [3.8, 4) is 11.5 Å². The number of hydrogen-bond acceptors (Lipinski definition) is 5. The van der Waals surface area contributed by atoms with E-state index in [9.17, 15) is 4.79 Å². The highest BCUT2D eigenvalue weighted by atomic mass is 16.7. The SMILES string of the molecule is CCO[C@H]1OC(=O)c2c1ccc(OC)c2OC. The highest BCUT2D eigenvalue weighted by Gasteiger charge is 2.36. The number of carbonyl (C=O) groups excluding carboxylic acids is 1. The van der Waals surface area contributed by atoms with Gasteiger partial charge in [0.05, 0.1) is 14.2 Å². The van der Waals surface area contributed by atoms with Crippen LogP contribution in [0, 0.1) is 0 Å². The molecule has 5 heteroatoms. The largest absolute Gasteiger partial charge is 0.493 e. The number of hydrogen-bond donors (Lipinski definition) is 0. The van der Waals surface area contributed by atoms with Gasteiger partial charge in [0, 0.05) is 12.2 Å². The van der Waals surface area contributed by atoms with E-state index >= 15 is 0 Å². The normalized spacial score (nSPS) is 17.6. The van der Waals surface area contributed by atoms with Crippen LogP contribution in [0.5, 0.6) is 11.5 Å². The van der Waals surface area contributed by atoms with Gasteiger partial charge in [0.15, 0.2) is 11.5 Å². The summed E-state index contributed by atoms with van der Waals surface area (Å²) in [6.07, 6.45) is -0.651. The number of benzene rings is 1. The van der Waals surface area contributed by atoms with Gasteiger partial charge in [-0.15, -0.1) is 0 Å². The van der Waals surface area contributed by atoms with E-state index in [0.717, 1.165) is 0 Å². The first-order chi connectivity index (χ1) is 8.22. The van der Waals surface area contributed by atoms with Crippen molar-refractivity contribution in [3.63, 3.8) is 0 Å². The molecule has 1 aromatic carbocycles. The van der Waals surface area contributed by atoms with E-state index in [0.29, 0.717) is 29.2 Å². The maximum absolute atomic E-state index is 11.8. The number of cyclic esters (lactones) is 1. The summed E-state index contributed by atoms with van der Waals surface area (Å²) in [6, 6.07) is 3.48. The Bertz CT molecular complexity index is 441. The van der Waals surface area contributed by atoms with Gasteiger partial charge >= 0.3 is 5.97 Å². The van der Waals surface area contributed by atoms with Crippen molar-refractivity contribution in [2.24, 2.45) is 0 Å². The molecule has 0 N–H and O–H groups in total. The molecule has 92 valence electrons. The summed E-state index contributed by atoms with van der Waals surface area (Å²) in [5.74, 6) is 0.437. The van der Waals surface area contributed by atoms with Crippen LogP contribution in [-0.2, 0) is 9.47 Å². The minimum absolute atomic E-state index is 0.380. The monoisotopic (exact) mass is 238 g/mol. The molecule has 1 aliphatic heterocycles. The highest BCUT2D eigenvalue weighted by molar-refractivity contribution is 5.97. The first kappa shape index (κ1) is 11.7. The molecule has 0 radical (unpaired) electrons. The van der Waals surface area contributed by atoms with Gasteiger partial charge in [-0.2, -0.15) is 0 Å². The predicted molar refractivity (Wildman–Crippen MR) is 59.3 cm³/mol. The van der Waals surface area contributed by atoms with E-state index in [1.165, 1.54) is 14.2 Å². The molecule has 1 aromatic rings. The summed E-state index contributed by atoms with van der Waals surface area (Å²) < 4.78 is 20.8. The van der Waals surface area contributed by atoms with Crippen LogP contribution in [0.25, 0.3) is 0 Å². The van der Waals surface area contributed by atoms with E-state index in [4.69, 9.17) is 18.9 Å². The zero-order valence-electron chi connectivity index (χ0n) is 9.98. The Labute approximate surface area is 99.2 Å². The lowest BCUT2D eigenvalue weighted by Gasteiger charge is -2.11. The molecule has 5 nitrogen and oxygen atoms in total. The lowest BCUT2D eigenvalue weighted by Crippen LogP contribution is -2.03. The van der Waals surface area contributed by atoms with Gasteiger partial charge < -0.3 is 18.9 Å². The van der Waals surface area contributed by atoms with Crippen LogP contribution in [-0.4, -0.2) is 26.8 Å². The molecule has 0 aliphatic carbocycles. The average molecular weight is 238 g/mol. The van der Waals surface area contributed by atoms with Crippen molar-refractivity contribution in [1.29, 1.82) is 0 Å². The molecule has 0 saturated heterocycles. The standard InChI is InChI=1S/C12H14O5/c1-4-16-12-7-5-6-8(14-2)10(15-3)9(7)11(13)17-12/h5-6,12H,4H2,1-3H3/t12-/m0/s1. The first-order valence-electron chi connectivity index (χ1n) is 5.30. The van der Waals surface area contributed by atoms with E-state index in [-0.39, 0.29) is 0 Å². The second-order valence-corrected chi connectivity index (χ2v) is 3.46. The minimum Gasteiger partial charge on any atom is -0.493 e. The number of ether oxygens (including phenoxy) is 4. The molecule has 0 unspecified atom stereocenters. The summed E-state index contributed by atoms with van der Waals surface area (Å²) in [7, 11) is 3.00. The Hall–Kier alpha value is -1.75. The maximum atomic E-state index is 11.8. The number of esters is 1. The minimum atomic E-state index is -0.651. The summed E-state index contributed by atoms with van der Waals surface area (Å²) in [5.41, 5.74) is 1.06. The third-order valence-corrected chi connectivity index (χ3v) is 2.57. The second kappa shape index (κ2) is 4.63. The third-order valence-electron chi connectivity index (χ3n) is 2.57. The molecule has 0 bridgehead atoms. The molecule has 0 saturated carbocycles. The number of methoxy groups -OCH3 is 2. The highest BCUT2D eigenvalue weighted by Crippen LogP contribution is 2.42. The van der Waals surface area contributed by atoms with Crippen LogP contribution in [0.2, 0.25) is 0 Å². The summed E-state index contributed by atoms with van der Waals surface area (Å²) in [4.78, 5) is 11.8. The van der Waals surface area contributed by atoms with Gasteiger partial charge in [0.1, 0.15) is 5.56 Å². The molecule has 0 spiro atoms. The lowest BCUT2D eigenvalue weighted by atomic mass is 10.1. The fourth-order valence-corrected chi connectivity index (χ4v) is 1.84. The lowest BCUT2D eigenvalue weighted by molar-refractivity contribution is -0.0993. The molecule has 0 aromatic heterocycles. The summed E-state index contributed by atoms with van der Waals surface area (Å²) in [5, 5.41) is 0. The summed E-state index contributed by atoms with van der Waals surface area (Å²) >= 11 is 0. The fourth-order valence-electron chi connectivity index (χ4n) is 1.84. The van der Waals surface area contributed by atoms with Crippen molar-refractivity contribution in [1.82, 2.24) is 0 Å². The second-order valence-electron chi connectivity index (χ2n) is 3.46. The Morgan fingerprint density at radius 1 is 1.29 bits per heavy atom. The van der Waals surface area contributed by atoms with Crippen LogP contribution >= 0.6 is 0 Å². The number of rotatable bonds is 4. The van der Waals surface area contributed by atoms with Gasteiger partial charge in [-0.1, -0.05) is 0 Å². The summed E-state index contributed by atoms with van der Waals surface area (Å²) in [6.45, 7) is 2.30. The van der Waals surface area contributed by atoms with Crippen LogP contribution < -0.4 is 9.47 Å². The molecule has 2 rings (SSSR count). The van der Waals surface area contributed by atoms with Crippen LogP contribution in [0.3, 0.4) is 0 Å². The predicted octanol–water partition coefficient (Wildman–Crippen LogP) is 1.91. The maximum Gasteiger partial charge on any atom is 0.345 e. The van der Waals surface area contributed by atoms with Gasteiger partial charge in [-0.05, 0) is 19.1 Å². The third kappa shape index (κ3) is 1.82.